The molecule has 0 spiro atoms. The molecular formula is C28H27F3N2O5S. The van der Waals surface area contributed by atoms with E-state index in [9.17, 15) is 27.6 Å². The third-order valence-corrected chi connectivity index (χ3v) is 7.41. The molecule has 7 nitrogen and oxygen atoms in total. The van der Waals surface area contributed by atoms with E-state index < -0.39 is 29.9 Å². The van der Waals surface area contributed by atoms with Gasteiger partial charge in [0, 0.05) is 23.5 Å². The van der Waals surface area contributed by atoms with Crippen molar-refractivity contribution in [3.05, 3.63) is 82.2 Å². The molecule has 1 aliphatic rings. The highest BCUT2D eigenvalue weighted by Gasteiger charge is 2.32. The average Bonchev–Trinajstić information content (AvgIpc) is 3.34. The van der Waals surface area contributed by atoms with Crippen LogP contribution < -0.4 is 10.1 Å². The van der Waals surface area contributed by atoms with Crippen LogP contribution in [-0.2, 0) is 22.6 Å². The van der Waals surface area contributed by atoms with E-state index in [1.54, 1.807) is 6.07 Å². The van der Waals surface area contributed by atoms with Crippen molar-refractivity contribution >= 4 is 34.1 Å². The molecule has 0 bridgehead atoms. The first-order valence-electron chi connectivity index (χ1n) is 12.4. The number of ketones is 1. The molecule has 1 aliphatic heterocycles. The highest BCUT2D eigenvalue weighted by Crippen LogP contribution is 2.32. The number of nitrogens with zero attached hydrogens (tertiary/aromatic N) is 1. The van der Waals surface area contributed by atoms with Crippen LogP contribution in [0.1, 0.15) is 46.1 Å². The summed E-state index contributed by atoms with van der Waals surface area (Å²) in [5, 5.41) is 3.21. The number of carbonyl (C=O) groups is 3. The van der Waals surface area contributed by atoms with Gasteiger partial charge in [-0.1, -0.05) is 37.3 Å². The van der Waals surface area contributed by atoms with E-state index >= 15 is 0 Å². The zero-order valence-corrected chi connectivity index (χ0v) is 21.9. The van der Waals surface area contributed by atoms with Gasteiger partial charge in [-0.2, -0.15) is 0 Å². The van der Waals surface area contributed by atoms with Crippen LogP contribution in [-0.4, -0.2) is 42.1 Å². The largest absolute Gasteiger partial charge is 0.573 e. The Morgan fingerprint density at radius 2 is 1.79 bits per heavy atom. The number of anilines is 1. The molecule has 1 unspecified atom stereocenters. The predicted molar refractivity (Wildman–Crippen MR) is 140 cm³/mol. The maximum atomic E-state index is 13.2. The molecule has 39 heavy (non-hydrogen) atoms. The number of aryl methyl sites for hydroxylation is 1. The first kappa shape index (κ1) is 28.2. The minimum atomic E-state index is -4.83. The summed E-state index contributed by atoms with van der Waals surface area (Å²) >= 11 is 1.27. The Morgan fingerprint density at radius 3 is 2.46 bits per heavy atom. The van der Waals surface area contributed by atoms with Crippen molar-refractivity contribution in [1.82, 2.24) is 4.90 Å². The first-order valence-corrected chi connectivity index (χ1v) is 13.2. The monoisotopic (exact) mass is 560 g/mol. The van der Waals surface area contributed by atoms with Crippen LogP contribution in [0.4, 0.5) is 23.0 Å². The zero-order valence-electron chi connectivity index (χ0n) is 21.1. The van der Waals surface area contributed by atoms with Crippen LogP contribution in [0.3, 0.4) is 0 Å². The zero-order chi connectivity index (χ0) is 28.0. The quantitative estimate of drug-likeness (QED) is 0.321. The van der Waals surface area contributed by atoms with E-state index in [1.165, 1.54) is 28.4 Å². The third kappa shape index (κ3) is 7.60. The molecule has 0 saturated carbocycles. The van der Waals surface area contributed by atoms with Crippen LogP contribution in [0.15, 0.2) is 60.7 Å². The lowest BCUT2D eigenvalue weighted by Gasteiger charge is -2.31. The number of piperidine rings is 1. The smallest absolute Gasteiger partial charge is 0.445 e. The molecular weight excluding hydrogens is 533 g/mol. The van der Waals surface area contributed by atoms with Gasteiger partial charge in [-0.15, -0.1) is 24.5 Å². The van der Waals surface area contributed by atoms with E-state index in [1.807, 2.05) is 37.3 Å². The number of benzene rings is 2. The summed E-state index contributed by atoms with van der Waals surface area (Å²) in [6.07, 6.45) is -3.50. The van der Waals surface area contributed by atoms with E-state index in [0.717, 1.165) is 22.6 Å². The lowest BCUT2D eigenvalue weighted by Crippen LogP contribution is -2.44. The van der Waals surface area contributed by atoms with Crippen molar-refractivity contribution < 1.29 is 37.0 Å². The lowest BCUT2D eigenvalue weighted by atomic mass is 9.97. The number of alkyl halides is 3. The highest BCUT2D eigenvalue weighted by molar-refractivity contribution is 7.16. The number of nitrogens with one attached hydrogen (secondary N) is 1. The second kappa shape index (κ2) is 12.3. The van der Waals surface area contributed by atoms with Gasteiger partial charge in [0.1, 0.15) is 17.4 Å². The minimum Gasteiger partial charge on any atom is -0.445 e. The van der Waals surface area contributed by atoms with Crippen LogP contribution in [0.25, 0.3) is 0 Å². The summed E-state index contributed by atoms with van der Waals surface area (Å²) in [7, 11) is 0. The molecule has 206 valence electrons. The Bertz CT molecular complexity index is 1310. The van der Waals surface area contributed by atoms with Crippen molar-refractivity contribution in [3.8, 4) is 5.75 Å². The number of halogens is 3. The third-order valence-electron chi connectivity index (χ3n) is 6.22. The van der Waals surface area contributed by atoms with Gasteiger partial charge in [0.25, 0.3) is 0 Å². The lowest BCUT2D eigenvalue weighted by molar-refractivity contribution is -0.274. The molecule has 0 aliphatic carbocycles. The van der Waals surface area contributed by atoms with Crippen molar-refractivity contribution in [2.75, 3.05) is 18.4 Å². The fourth-order valence-electron chi connectivity index (χ4n) is 4.22. The van der Waals surface area contributed by atoms with E-state index in [-0.39, 0.29) is 30.2 Å². The van der Waals surface area contributed by atoms with Gasteiger partial charge < -0.3 is 19.7 Å². The molecule has 1 N–H and O–H groups in total. The van der Waals surface area contributed by atoms with E-state index in [2.05, 4.69) is 10.1 Å². The van der Waals surface area contributed by atoms with Gasteiger partial charge >= 0.3 is 12.5 Å². The molecule has 0 radical (unpaired) electrons. The van der Waals surface area contributed by atoms with Crippen molar-refractivity contribution in [2.45, 2.75) is 39.2 Å². The molecule has 3 aromatic rings. The summed E-state index contributed by atoms with van der Waals surface area (Å²) in [6.45, 7) is 2.72. The number of ether oxygens (including phenoxy) is 2. The van der Waals surface area contributed by atoms with E-state index in [0.29, 0.717) is 30.8 Å². The molecule has 1 atom stereocenters. The van der Waals surface area contributed by atoms with Crippen LogP contribution in [0.2, 0.25) is 0 Å². The number of carbonyl (C=O) groups excluding carboxylic acids is 3. The fourth-order valence-corrected chi connectivity index (χ4v) is 5.22. The fraction of sp³-hybridized carbons (Fsp3) is 0.321. The SMILES string of the molecule is CCc1cc(C(=O)c2ccc(OC(F)(F)F)cc2)c(NC(=O)C2CCCN(C(=O)OCc3ccccc3)C2)s1. The van der Waals surface area contributed by atoms with Gasteiger partial charge in [-0.3, -0.25) is 9.59 Å². The number of amides is 2. The summed E-state index contributed by atoms with van der Waals surface area (Å²) in [5.74, 6) is -1.68. The maximum Gasteiger partial charge on any atom is 0.573 e. The first-order chi connectivity index (χ1) is 18.6. The number of thiophene rings is 1. The van der Waals surface area contributed by atoms with Gasteiger partial charge in [0.2, 0.25) is 5.91 Å². The normalized spacial score (nSPS) is 15.5. The summed E-state index contributed by atoms with van der Waals surface area (Å²) < 4.78 is 46.6. The predicted octanol–water partition coefficient (Wildman–Crippen LogP) is 6.43. The molecule has 1 saturated heterocycles. The second-order valence-electron chi connectivity index (χ2n) is 9.02. The number of likely N-dealkylation sites (tertiary alicyclic amines) is 1. The highest BCUT2D eigenvalue weighted by atomic mass is 32.1. The minimum absolute atomic E-state index is 0.136. The number of rotatable bonds is 8. The summed E-state index contributed by atoms with van der Waals surface area (Å²) in [6, 6.07) is 15.6. The van der Waals surface area contributed by atoms with Crippen molar-refractivity contribution in [2.24, 2.45) is 5.92 Å². The molecule has 2 heterocycles. The standard InChI is InChI=1S/C28H27F3N2O5S/c1-2-22-15-23(24(34)19-10-12-21(13-11-19)38-28(29,30)31)26(39-22)32-25(35)20-9-6-14-33(16-20)27(36)37-17-18-7-4-3-5-8-18/h3-5,7-8,10-13,15,20H,2,6,9,14,16-17H2,1H3,(H,32,35). The Morgan fingerprint density at radius 1 is 1.08 bits per heavy atom. The van der Waals surface area contributed by atoms with Crippen LogP contribution in [0.5, 0.6) is 5.75 Å². The molecule has 4 rings (SSSR count). The Hall–Kier alpha value is -3.86. The number of hydrogen-bond donors (Lipinski definition) is 1. The van der Waals surface area contributed by atoms with Crippen molar-refractivity contribution in [1.29, 1.82) is 0 Å². The second-order valence-corrected chi connectivity index (χ2v) is 10.2. The van der Waals surface area contributed by atoms with Gasteiger partial charge in [-0.05, 0) is 55.2 Å². The molecule has 1 fully saturated rings. The Labute approximate surface area is 227 Å². The average molecular weight is 561 g/mol. The van der Waals surface area contributed by atoms with Crippen molar-refractivity contribution in [3.63, 3.8) is 0 Å². The summed E-state index contributed by atoms with van der Waals surface area (Å²) in [4.78, 5) is 41.4. The Kier molecular flexibility index (Phi) is 8.90. The topological polar surface area (TPSA) is 84.9 Å². The molecule has 1 aromatic heterocycles. The summed E-state index contributed by atoms with van der Waals surface area (Å²) in [5.41, 5.74) is 1.27. The molecule has 2 amide bonds. The molecule has 11 heteroatoms. The number of hydrogen-bond acceptors (Lipinski definition) is 6. The molecule has 2 aromatic carbocycles. The van der Waals surface area contributed by atoms with Gasteiger partial charge in [0.15, 0.2) is 5.78 Å². The van der Waals surface area contributed by atoms with Gasteiger partial charge in [-0.25, -0.2) is 4.79 Å². The maximum absolute atomic E-state index is 13.2. The van der Waals surface area contributed by atoms with Crippen LogP contribution >= 0.6 is 11.3 Å². The van der Waals surface area contributed by atoms with E-state index in [4.69, 9.17) is 4.74 Å². The van der Waals surface area contributed by atoms with Gasteiger partial charge in [0.05, 0.1) is 11.5 Å². The van der Waals surface area contributed by atoms with Crippen LogP contribution in [0, 0.1) is 5.92 Å². The Balaban J connectivity index is 1.41.